The zero-order valence-electron chi connectivity index (χ0n) is 11.2. The van der Waals surface area contributed by atoms with E-state index in [-0.39, 0.29) is 18.5 Å². The van der Waals surface area contributed by atoms with Crippen molar-refractivity contribution in [3.63, 3.8) is 0 Å². The van der Waals surface area contributed by atoms with E-state index in [1.807, 2.05) is 0 Å². The van der Waals surface area contributed by atoms with Gasteiger partial charge in [0.05, 0.1) is 0 Å². The Balaban J connectivity index is 2.59. The van der Waals surface area contributed by atoms with Gasteiger partial charge in [-0.1, -0.05) is 0 Å². The molecule has 0 spiro atoms. The summed E-state index contributed by atoms with van der Waals surface area (Å²) in [4.78, 5) is 0. The molecular formula is C9H22N4O4S2. The lowest BCUT2D eigenvalue weighted by atomic mass is 10.0. The average molecular weight is 314 g/mol. The van der Waals surface area contributed by atoms with Crippen LogP contribution in [0.4, 0.5) is 0 Å². The summed E-state index contributed by atoms with van der Waals surface area (Å²) in [6.07, 6.45) is 1.48. The first-order chi connectivity index (χ1) is 8.60. The van der Waals surface area contributed by atoms with Crippen LogP contribution in [0.25, 0.3) is 0 Å². The molecule has 1 heterocycles. The largest absolute Gasteiger partial charge is 0.279 e. The molecule has 10 heteroatoms. The molecule has 0 aromatic rings. The molecule has 1 aliphatic heterocycles. The van der Waals surface area contributed by atoms with Gasteiger partial charge in [0.2, 0.25) is 0 Å². The van der Waals surface area contributed by atoms with Crippen LogP contribution in [-0.4, -0.2) is 46.8 Å². The average Bonchev–Trinajstić information content (AvgIpc) is 2.24. The van der Waals surface area contributed by atoms with Gasteiger partial charge in [0.1, 0.15) is 0 Å². The van der Waals surface area contributed by atoms with E-state index >= 15 is 0 Å². The zero-order chi connectivity index (χ0) is 14.7. The number of piperidine rings is 1. The van der Waals surface area contributed by atoms with E-state index < -0.39 is 20.4 Å². The Morgan fingerprint density at radius 1 is 1.32 bits per heavy atom. The van der Waals surface area contributed by atoms with Crippen molar-refractivity contribution in [1.29, 1.82) is 0 Å². The van der Waals surface area contributed by atoms with Gasteiger partial charge in [0.25, 0.3) is 20.4 Å². The molecule has 0 aromatic heterocycles. The second-order valence-corrected chi connectivity index (χ2v) is 8.12. The summed E-state index contributed by atoms with van der Waals surface area (Å²) in [5.41, 5.74) is 0. The van der Waals surface area contributed by atoms with Gasteiger partial charge < -0.3 is 0 Å². The van der Waals surface area contributed by atoms with E-state index in [0.29, 0.717) is 19.5 Å². The topological polar surface area (TPSA) is 122 Å². The van der Waals surface area contributed by atoms with Crippen molar-refractivity contribution in [2.45, 2.75) is 32.7 Å². The van der Waals surface area contributed by atoms with Gasteiger partial charge in [-0.2, -0.15) is 25.9 Å². The maximum absolute atomic E-state index is 12.0. The van der Waals surface area contributed by atoms with Crippen molar-refractivity contribution in [2.24, 2.45) is 11.1 Å². The highest BCUT2D eigenvalue weighted by molar-refractivity contribution is 7.87. The fourth-order valence-electron chi connectivity index (χ4n) is 2.02. The summed E-state index contributed by atoms with van der Waals surface area (Å²) in [6, 6.07) is -0.173. The Morgan fingerprint density at radius 3 is 2.47 bits per heavy atom. The zero-order valence-corrected chi connectivity index (χ0v) is 12.8. The van der Waals surface area contributed by atoms with Gasteiger partial charge >= 0.3 is 0 Å². The minimum absolute atomic E-state index is 0.0594. The van der Waals surface area contributed by atoms with Crippen LogP contribution < -0.4 is 14.6 Å². The van der Waals surface area contributed by atoms with Crippen molar-refractivity contribution in [3.05, 3.63) is 0 Å². The molecule has 1 unspecified atom stereocenters. The first-order valence-corrected chi connectivity index (χ1v) is 9.13. The fourth-order valence-corrected chi connectivity index (χ4v) is 4.01. The molecule has 0 aliphatic carbocycles. The highest BCUT2D eigenvalue weighted by atomic mass is 32.2. The Kier molecular flexibility index (Phi) is 5.71. The third kappa shape index (κ3) is 6.15. The van der Waals surface area contributed by atoms with Crippen LogP contribution in [0.5, 0.6) is 0 Å². The molecule has 1 rings (SSSR count). The van der Waals surface area contributed by atoms with E-state index in [1.54, 1.807) is 13.8 Å². The number of nitrogens with one attached hydrogen (secondary N) is 2. The second kappa shape index (κ2) is 6.46. The highest BCUT2D eigenvalue weighted by Gasteiger charge is 2.29. The van der Waals surface area contributed by atoms with Gasteiger partial charge in [-0.15, -0.1) is 0 Å². The number of rotatable bonds is 6. The number of nitrogens with two attached hydrogens (primary N) is 1. The molecule has 8 nitrogen and oxygen atoms in total. The first-order valence-electron chi connectivity index (χ1n) is 6.15. The molecule has 1 atom stereocenters. The molecule has 0 radical (unpaired) electrons. The maximum Gasteiger partial charge on any atom is 0.279 e. The molecule has 0 aromatic carbocycles. The maximum atomic E-state index is 12.0. The fraction of sp³-hybridized carbons (Fsp3) is 1.00. The molecular weight excluding hydrogens is 292 g/mol. The molecule has 0 amide bonds. The SMILES string of the molecule is CC(C)NS(=O)(=O)N1CCCC(CNS(N)(=O)=O)C1. The second-order valence-electron chi connectivity index (χ2n) is 5.04. The third-order valence-corrected chi connectivity index (χ3v) is 5.13. The summed E-state index contributed by atoms with van der Waals surface area (Å²) in [6.45, 7) is 4.41. The Morgan fingerprint density at radius 2 is 1.95 bits per heavy atom. The molecule has 4 N–H and O–H groups in total. The normalized spacial score (nSPS) is 22.8. The van der Waals surface area contributed by atoms with Gasteiger partial charge in [0, 0.05) is 25.7 Å². The first kappa shape index (κ1) is 16.8. The molecule has 19 heavy (non-hydrogen) atoms. The van der Waals surface area contributed by atoms with Gasteiger partial charge in [-0.25, -0.2) is 9.86 Å². The van der Waals surface area contributed by atoms with Crippen molar-refractivity contribution < 1.29 is 16.8 Å². The molecule has 1 aliphatic rings. The van der Waals surface area contributed by atoms with E-state index in [0.717, 1.165) is 6.42 Å². The van der Waals surface area contributed by atoms with Crippen LogP contribution in [0.15, 0.2) is 0 Å². The minimum atomic E-state index is -3.73. The van der Waals surface area contributed by atoms with Crippen LogP contribution in [0.2, 0.25) is 0 Å². The van der Waals surface area contributed by atoms with Crippen LogP contribution in [0.1, 0.15) is 26.7 Å². The van der Waals surface area contributed by atoms with Crippen LogP contribution in [0, 0.1) is 5.92 Å². The monoisotopic (exact) mass is 314 g/mol. The summed E-state index contributed by atoms with van der Waals surface area (Å²) in [7, 11) is -7.22. The van der Waals surface area contributed by atoms with Crippen molar-refractivity contribution >= 4 is 20.4 Å². The van der Waals surface area contributed by atoms with E-state index in [9.17, 15) is 16.8 Å². The van der Waals surface area contributed by atoms with Gasteiger partial charge in [0.15, 0.2) is 0 Å². The Hall–Kier alpha value is -0.260. The summed E-state index contributed by atoms with van der Waals surface area (Å²) >= 11 is 0. The summed E-state index contributed by atoms with van der Waals surface area (Å²) in [5, 5.41) is 4.86. The lowest BCUT2D eigenvalue weighted by Gasteiger charge is -2.32. The molecule has 114 valence electrons. The van der Waals surface area contributed by atoms with E-state index in [2.05, 4.69) is 9.44 Å². The smallest absolute Gasteiger partial charge is 0.216 e. The number of nitrogens with zero attached hydrogens (tertiary/aromatic N) is 1. The van der Waals surface area contributed by atoms with Crippen LogP contribution in [-0.2, 0) is 20.4 Å². The number of hydrogen-bond acceptors (Lipinski definition) is 4. The highest BCUT2D eigenvalue weighted by Crippen LogP contribution is 2.18. The lowest BCUT2D eigenvalue weighted by Crippen LogP contribution is -2.49. The number of hydrogen-bond donors (Lipinski definition) is 3. The van der Waals surface area contributed by atoms with Crippen molar-refractivity contribution in [3.8, 4) is 0 Å². The summed E-state index contributed by atoms with van der Waals surface area (Å²) in [5.74, 6) is -0.0594. The van der Waals surface area contributed by atoms with E-state index in [1.165, 1.54) is 4.31 Å². The quantitative estimate of drug-likeness (QED) is 0.566. The van der Waals surface area contributed by atoms with E-state index in [4.69, 9.17) is 5.14 Å². The Bertz CT molecular complexity index is 488. The minimum Gasteiger partial charge on any atom is -0.216 e. The lowest BCUT2D eigenvalue weighted by molar-refractivity contribution is 0.264. The van der Waals surface area contributed by atoms with Crippen molar-refractivity contribution in [2.75, 3.05) is 19.6 Å². The third-order valence-electron chi connectivity index (χ3n) is 2.78. The summed E-state index contributed by atoms with van der Waals surface area (Å²) < 4.78 is 51.7. The van der Waals surface area contributed by atoms with Crippen LogP contribution in [0.3, 0.4) is 0 Å². The van der Waals surface area contributed by atoms with Gasteiger partial charge in [-0.05, 0) is 32.6 Å². The van der Waals surface area contributed by atoms with Gasteiger partial charge in [-0.3, -0.25) is 0 Å². The standard InChI is InChI=1S/C9H22N4O4S2/c1-8(2)12-19(16,17)13-5-3-4-9(7-13)6-11-18(10,14)15/h8-9,11-12H,3-7H2,1-2H3,(H2,10,14,15). The van der Waals surface area contributed by atoms with Crippen LogP contribution >= 0.6 is 0 Å². The molecule has 1 saturated heterocycles. The van der Waals surface area contributed by atoms with Crippen molar-refractivity contribution in [1.82, 2.24) is 13.7 Å². The predicted octanol–water partition coefficient (Wildman–Crippen LogP) is -1.27. The Labute approximate surface area is 115 Å². The predicted molar refractivity (Wildman–Crippen MR) is 72.6 cm³/mol. The molecule has 0 bridgehead atoms. The molecule has 0 saturated carbocycles. The molecule has 1 fully saturated rings.